The predicted molar refractivity (Wildman–Crippen MR) is 94.9 cm³/mol. The summed E-state index contributed by atoms with van der Waals surface area (Å²) in [6, 6.07) is 6.15. The van der Waals surface area contributed by atoms with Crippen LogP contribution in [0.2, 0.25) is 0 Å². The molecular formula is C17H24FN3O3S. The quantitative estimate of drug-likeness (QED) is 0.783. The average Bonchev–Trinajstić information content (AvgIpc) is 2.91. The molecule has 0 saturated carbocycles. The lowest BCUT2D eigenvalue weighted by atomic mass is 10.1. The molecule has 0 spiro atoms. The second-order valence-electron chi connectivity index (χ2n) is 7.07. The normalized spacial score (nSPS) is 13.8. The van der Waals surface area contributed by atoms with Crippen LogP contribution >= 0.6 is 0 Å². The zero-order valence-corrected chi connectivity index (χ0v) is 15.4. The fourth-order valence-electron chi connectivity index (χ4n) is 2.40. The molecule has 2 aromatic rings. The third kappa shape index (κ3) is 6.56. The molecule has 1 unspecified atom stereocenters. The Morgan fingerprint density at radius 1 is 1.32 bits per heavy atom. The summed E-state index contributed by atoms with van der Waals surface area (Å²) in [7, 11) is -3.45. The van der Waals surface area contributed by atoms with Gasteiger partial charge in [0.1, 0.15) is 5.82 Å². The van der Waals surface area contributed by atoms with E-state index in [-0.39, 0.29) is 24.5 Å². The summed E-state index contributed by atoms with van der Waals surface area (Å²) < 4.78 is 41.2. The van der Waals surface area contributed by atoms with Crippen molar-refractivity contribution in [1.29, 1.82) is 0 Å². The molecule has 1 heterocycles. The Morgan fingerprint density at radius 2 is 2.04 bits per heavy atom. The van der Waals surface area contributed by atoms with Gasteiger partial charge in [0, 0.05) is 17.3 Å². The van der Waals surface area contributed by atoms with E-state index in [1.54, 1.807) is 45.3 Å². The van der Waals surface area contributed by atoms with E-state index in [0.717, 1.165) is 5.56 Å². The van der Waals surface area contributed by atoms with Crippen molar-refractivity contribution in [3.63, 3.8) is 0 Å². The average molecular weight is 369 g/mol. The molecule has 0 radical (unpaired) electrons. The molecule has 25 heavy (non-hydrogen) atoms. The lowest BCUT2D eigenvalue weighted by Crippen LogP contribution is -2.42. The van der Waals surface area contributed by atoms with E-state index in [9.17, 15) is 17.9 Å². The van der Waals surface area contributed by atoms with Gasteiger partial charge in [-0.3, -0.25) is 4.68 Å². The van der Waals surface area contributed by atoms with Crippen molar-refractivity contribution in [3.8, 4) is 11.1 Å². The number of benzene rings is 1. The third-order valence-corrected chi connectivity index (χ3v) is 5.07. The van der Waals surface area contributed by atoms with Crippen molar-refractivity contribution in [2.45, 2.75) is 45.4 Å². The summed E-state index contributed by atoms with van der Waals surface area (Å²) in [6.45, 7) is 5.45. The van der Waals surface area contributed by atoms with Gasteiger partial charge in [-0.15, -0.1) is 0 Å². The van der Waals surface area contributed by atoms with Crippen LogP contribution in [0.3, 0.4) is 0 Å². The van der Waals surface area contributed by atoms with E-state index < -0.39 is 21.7 Å². The van der Waals surface area contributed by atoms with Gasteiger partial charge in [0.25, 0.3) is 0 Å². The van der Waals surface area contributed by atoms with Crippen molar-refractivity contribution in [1.82, 2.24) is 14.5 Å². The Balaban J connectivity index is 1.92. The molecule has 2 rings (SSSR count). The standard InChI is InChI=1S/C17H24FN3O3S/c1-17(2,3)20-25(23,24)8-7-16(22)12-21-11-14(10-19-21)13-5-4-6-15(18)9-13/h4-6,9-11,16,20,22H,7-8,12H2,1-3H3. The number of aliphatic hydroxyl groups excluding tert-OH is 1. The fourth-order valence-corrected chi connectivity index (χ4v) is 4.01. The molecular weight excluding hydrogens is 345 g/mol. The zero-order chi connectivity index (χ0) is 18.7. The Labute approximate surface area is 147 Å². The predicted octanol–water partition coefficient (Wildman–Crippen LogP) is 2.16. The number of nitrogens with zero attached hydrogens (tertiary/aromatic N) is 2. The highest BCUT2D eigenvalue weighted by molar-refractivity contribution is 7.89. The first-order valence-corrected chi connectivity index (χ1v) is 9.67. The van der Waals surface area contributed by atoms with Gasteiger partial charge in [-0.2, -0.15) is 5.10 Å². The topological polar surface area (TPSA) is 84.2 Å². The minimum atomic E-state index is -3.45. The van der Waals surface area contributed by atoms with Gasteiger partial charge in [0.2, 0.25) is 10.0 Å². The molecule has 1 aromatic heterocycles. The number of nitrogens with one attached hydrogen (secondary N) is 1. The van der Waals surface area contributed by atoms with Gasteiger partial charge in [-0.05, 0) is 44.9 Å². The number of hydrogen-bond acceptors (Lipinski definition) is 4. The maximum atomic E-state index is 13.3. The smallest absolute Gasteiger partial charge is 0.212 e. The van der Waals surface area contributed by atoms with Gasteiger partial charge in [-0.25, -0.2) is 17.5 Å². The maximum Gasteiger partial charge on any atom is 0.212 e. The van der Waals surface area contributed by atoms with Gasteiger partial charge >= 0.3 is 0 Å². The molecule has 1 aromatic carbocycles. The largest absolute Gasteiger partial charge is 0.391 e. The highest BCUT2D eigenvalue weighted by Gasteiger charge is 2.21. The van der Waals surface area contributed by atoms with E-state index in [1.807, 2.05) is 0 Å². The lowest BCUT2D eigenvalue weighted by Gasteiger charge is -2.21. The monoisotopic (exact) mass is 369 g/mol. The second kappa shape index (κ2) is 7.63. The van der Waals surface area contributed by atoms with Crippen molar-refractivity contribution in [3.05, 3.63) is 42.5 Å². The summed E-state index contributed by atoms with van der Waals surface area (Å²) in [5.74, 6) is -0.495. The number of hydrogen-bond donors (Lipinski definition) is 2. The van der Waals surface area contributed by atoms with Gasteiger partial charge < -0.3 is 5.11 Å². The van der Waals surface area contributed by atoms with Crippen LogP contribution in [0.5, 0.6) is 0 Å². The maximum absolute atomic E-state index is 13.3. The zero-order valence-electron chi connectivity index (χ0n) is 14.6. The number of aliphatic hydroxyl groups is 1. The Hall–Kier alpha value is -1.77. The van der Waals surface area contributed by atoms with E-state index in [4.69, 9.17) is 0 Å². The summed E-state index contributed by atoms with van der Waals surface area (Å²) in [4.78, 5) is 0. The second-order valence-corrected chi connectivity index (χ2v) is 8.92. The Morgan fingerprint density at radius 3 is 2.68 bits per heavy atom. The van der Waals surface area contributed by atoms with Gasteiger partial charge in [0.05, 0.1) is 24.6 Å². The van der Waals surface area contributed by atoms with Crippen LogP contribution in [0.25, 0.3) is 11.1 Å². The SMILES string of the molecule is CC(C)(C)NS(=O)(=O)CCC(O)Cn1cc(-c2cccc(F)c2)cn1. The molecule has 0 bridgehead atoms. The van der Waals surface area contributed by atoms with E-state index in [1.165, 1.54) is 16.8 Å². The molecule has 0 aliphatic rings. The summed E-state index contributed by atoms with van der Waals surface area (Å²) >= 11 is 0. The molecule has 138 valence electrons. The molecule has 0 aliphatic carbocycles. The van der Waals surface area contributed by atoms with Crippen molar-refractivity contribution in [2.24, 2.45) is 0 Å². The highest BCUT2D eigenvalue weighted by atomic mass is 32.2. The van der Waals surface area contributed by atoms with E-state index in [2.05, 4.69) is 9.82 Å². The molecule has 6 nitrogen and oxygen atoms in total. The minimum Gasteiger partial charge on any atom is -0.391 e. The summed E-state index contributed by atoms with van der Waals surface area (Å²) in [5.41, 5.74) is 0.873. The Kier molecular flexibility index (Phi) is 5.97. The van der Waals surface area contributed by atoms with Gasteiger partial charge in [-0.1, -0.05) is 12.1 Å². The van der Waals surface area contributed by atoms with Crippen LogP contribution in [0, 0.1) is 5.82 Å². The molecule has 0 fully saturated rings. The first-order valence-electron chi connectivity index (χ1n) is 8.02. The fraction of sp³-hybridized carbons (Fsp3) is 0.471. The number of aromatic nitrogens is 2. The van der Waals surface area contributed by atoms with Crippen LogP contribution in [-0.2, 0) is 16.6 Å². The molecule has 8 heteroatoms. The van der Waals surface area contributed by atoms with E-state index in [0.29, 0.717) is 5.56 Å². The van der Waals surface area contributed by atoms with Crippen LogP contribution in [0.1, 0.15) is 27.2 Å². The van der Waals surface area contributed by atoms with Crippen LogP contribution in [0.15, 0.2) is 36.7 Å². The highest BCUT2D eigenvalue weighted by Crippen LogP contribution is 2.19. The van der Waals surface area contributed by atoms with Crippen LogP contribution < -0.4 is 4.72 Å². The molecule has 0 saturated heterocycles. The first-order chi connectivity index (χ1) is 11.5. The number of halogens is 1. The molecule has 2 N–H and O–H groups in total. The summed E-state index contributed by atoms with van der Waals surface area (Å²) in [5, 5.41) is 14.2. The first kappa shape index (κ1) is 19.6. The van der Waals surface area contributed by atoms with Gasteiger partial charge in [0.15, 0.2) is 0 Å². The molecule has 1 atom stereocenters. The summed E-state index contributed by atoms with van der Waals surface area (Å²) in [6.07, 6.45) is 2.52. The van der Waals surface area contributed by atoms with Crippen LogP contribution in [0.4, 0.5) is 4.39 Å². The third-order valence-electron chi connectivity index (χ3n) is 3.37. The number of sulfonamides is 1. The van der Waals surface area contributed by atoms with Crippen molar-refractivity contribution in [2.75, 3.05) is 5.75 Å². The minimum absolute atomic E-state index is 0.0978. The van der Waals surface area contributed by atoms with Crippen LogP contribution in [-0.4, -0.2) is 40.7 Å². The molecule has 0 aliphatic heterocycles. The van der Waals surface area contributed by atoms with E-state index >= 15 is 0 Å². The van der Waals surface area contributed by atoms with Crippen molar-refractivity contribution < 1.29 is 17.9 Å². The molecule has 0 amide bonds. The number of rotatable bonds is 7. The lowest BCUT2D eigenvalue weighted by molar-refractivity contribution is 0.145. The Bertz CT molecular complexity index is 813. The van der Waals surface area contributed by atoms with Crippen molar-refractivity contribution >= 4 is 10.0 Å².